The first kappa shape index (κ1) is 10.2. The van der Waals surface area contributed by atoms with Gasteiger partial charge in [-0.05, 0) is 24.7 Å². The Morgan fingerprint density at radius 3 is 2.13 bits per heavy atom. The van der Waals surface area contributed by atoms with Crippen LogP contribution in [0, 0.1) is 23.7 Å². The number of carboxylic acid groups (broad SMARTS) is 1. The Hall–Kier alpha value is -1.32. The number of hydrogen-bond acceptors (Lipinski definition) is 3. The molecule has 3 aliphatic rings. The first-order chi connectivity index (χ1) is 7.15. The highest BCUT2D eigenvalue weighted by Gasteiger charge is 2.48. The molecule has 0 aromatic heterocycles. The zero-order chi connectivity index (χ0) is 11.0. The van der Waals surface area contributed by atoms with E-state index in [2.05, 4.69) is 4.74 Å². The Balaban J connectivity index is 2.30. The highest BCUT2D eigenvalue weighted by atomic mass is 16.5. The number of carboxylic acids is 1. The summed E-state index contributed by atoms with van der Waals surface area (Å²) >= 11 is 0. The van der Waals surface area contributed by atoms with Crippen molar-refractivity contribution in [1.29, 1.82) is 0 Å². The van der Waals surface area contributed by atoms with Crippen LogP contribution in [0.2, 0.25) is 0 Å². The summed E-state index contributed by atoms with van der Waals surface area (Å²) in [6.07, 6.45) is 5.66. The van der Waals surface area contributed by atoms with E-state index in [1.807, 2.05) is 12.2 Å². The zero-order valence-corrected chi connectivity index (χ0v) is 8.55. The number of hydrogen-bond donors (Lipinski definition) is 1. The van der Waals surface area contributed by atoms with Gasteiger partial charge in [0.1, 0.15) is 0 Å². The minimum absolute atomic E-state index is 0.00315. The maximum atomic E-state index is 11.6. The quantitative estimate of drug-likeness (QED) is 0.547. The summed E-state index contributed by atoms with van der Waals surface area (Å²) in [6, 6.07) is 0. The van der Waals surface area contributed by atoms with Gasteiger partial charge in [-0.2, -0.15) is 0 Å². The van der Waals surface area contributed by atoms with Crippen LogP contribution in [0.15, 0.2) is 12.2 Å². The van der Waals surface area contributed by atoms with Crippen molar-refractivity contribution < 1.29 is 19.4 Å². The smallest absolute Gasteiger partial charge is 0.310 e. The van der Waals surface area contributed by atoms with Gasteiger partial charge in [0.2, 0.25) is 0 Å². The molecule has 3 rings (SSSR count). The number of carbonyl (C=O) groups excluding carboxylic acids is 1. The summed E-state index contributed by atoms with van der Waals surface area (Å²) in [5.41, 5.74) is 0. The fourth-order valence-corrected chi connectivity index (χ4v) is 2.79. The lowest BCUT2D eigenvalue weighted by molar-refractivity contribution is -0.162. The van der Waals surface area contributed by atoms with Crippen molar-refractivity contribution in [2.24, 2.45) is 23.7 Å². The number of methoxy groups -OCH3 is 1. The van der Waals surface area contributed by atoms with Gasteiger partial charge in [0.05, 0.1) is 18.9 Å². The number of aliphatic carboxylic acids is 1. The van der Waals surface area contributed by atoms with Crippen LogP contribution in [0.25, 0.3) is 0 Å². The molecule has 4 heteroatoms. The molecule has 0 spiro atoms. The molecule has 1 fully saturated rings. The Morgan fingerprint density at radius 1 is 1.20 bits per heavy atom. The van der Waals surface area contributed by atoms with Gasteiger partial charge in [-0.25, -0.2) is 0 Å². The van der Waals surface area contributed by atoms with Crippen molar-refractivity contribution in [3.63, 3.8) is 0 Å². The minimum atomic E-state index is -0.885. The van der Waals surface area contributed by atoms with Gasteiger partial charge in [-0.3, -0.25) is 9.59 Å². The fraction of sp³-hybridized carbons (Fsp3) is 0.636. The summed E-state index contributed by atoms with van der Waals surface area (Å²) in [6.45, 7) is 0. The molecule has 0 aromatic carbocycles. The van der Waals surface area contributed by atoms with E-state index in [4.69, 9.17) is 5.11 Å². The SMILES string of the molecule is COC(=O)[C@H]1[C@@H](C(=O)O)[C@H]2C=C[C@@H]1CC2. The number of rotatable bonds is 2. The van der Waals surface area contributed by atoms with Gasteiger partial charge in [-0.15, -0.1) is 0 Å². The van der Waals surface area contributed by atoms with Crippen molar-refractivity contribution in [1.82, 2.24) is 0 Å². The van der Waals surface area contributed by atoms with Crippen LogP contribution < -0.4 is 0 Å². The predicted molar refractivity (Wildman–Crippen MR) is 52.0 cm³/mol. The van der Waals surface area contributed by atoms with Gasteiger partial charge < -0.3 is 9.84 Å². The molecule has 2 bridgehead atoms. The molecule has 0 unspecified atom stereocenters. The van der Waals surface area contributed by atoms with E-state index in [-0.39, 0.29) is 17.8 Å². The minimum Gasteiger partial charge on any atom is -0.481 e. The molecule has 1 saturated carbocycles. The van der Waals surface area contributed by atoms with E-state index in [1.54, 1.807) is 0 Å². The summed E-state index contributed by atoms with van der Waals surface area (Å²) in [7, 11) is 1.31. The summed E-state index contributed by atoms with van der Waals surface area (Å²) < 4.78 is 4.69. The Kier molecular flexibility index (Phi) is 2.50. The van der Waals surface area contributed by atoms with Crippen LogP contribution in [0.4, 0.5) is 0 Å². The molecule has 0 saturated heterocycles. The van der Waals surface area contributed by atoms with E-state index in [0.717, 1.165) is 12.8 Å². The largest absolute Gasteiger partial charge is 0.481 e. The van der Waals surface area contributed by atoms with Crippen LogP contribution in [0.3, 0.4) is 0 Å². The van der Waals surface area contributed by atoms with Gasteiger partial charge in [-0.1, -0.05) is 12.2 Å². The van der Waals surface area contributed by atoms with Crippen molar-refractivity contribution in [2.75, 3.05) is 7.11 Å². The van der Waals surface area contributed by atoms with Gasteiger partial charge in [0, 0.05) is 0 Å². The highest BCUT2D eigenvalue weighted by molar-refractivity contribution is 5.82. The molecule has 1 N–H and O–H groups in total. The summed E-state index contributed by atoms with van der Waals surface area (Å²) in [5.74, 6) is -2.32. The lowest BCUT2D eigenvalue weighted by Gasteiger charge is -2.41. The Morgan fingerprint density at radius 2 is 1.73 bits per heavy atom. The third-order valence-electron chi connectivity index (χ3n) is 3.51. The van der Waals surface area contributed by atoms with Gasteiger partial charge in [0.15, 0.2) is 0 Å². The molecule has 0 heterocycles. The average molecular weight is 210 g/mol. The number of fused-ring (bicyclic) bond motifs is 2. The molecule has 0 aromatic rings. The lowest BCUT2D eigenvalue weighted by atomic mass is 9.62. The van der Waals surface area contributed by atoms with Crippen LogP contribution >= 0.6 is 0 Å². The molecule has 4 atom stereocenters. The number of ether oxygens (including phenoxy) is 1. The number of carbonyl (C=O) groups is 2. The van der Waals surface area contributed by atoms with E-state index < -0.39 is 17.8 Å². The Bertz CT molecular complexity index is 321. The molecule has 4 nitrogen and oxygen atoms in total. The molecule has 0 amide bonds. The van der Waals surface area contributed by atoms with Crippen LogP contribution in [0.5, 0.6) is 0 Å². The second-order valence-corrected chi connectivity index (χ2v) is 4.20. The molecular formula is C11H14O4. The van der Waals surface area contributed by atoms with Crippen LogP contribution in [0.1, 0.15) is 12.8 Å². The van der Waals surface area contributed by atoms with Crippen molar-refractivity contribution in [3.8, 4) is 0 Å². The first-order valence-corrected chi connectivity index (χ1v) is 5.14. The van der Waals surface area contributed by atoms with Crippen LogP contribution in [-0.2, 0) is 14.3 Å². The number of allylic oxidation sites excluding steroid dienone is 2. The monoisotopic (exact) mass is 210 g/mol. The van der Waals surface area contributed by atoms with E-state index in [9.17, 15) is 9.59 Å². The number of esters is 1. The maximum absolute atomic E-state index is 11.6. The predicted octanol–water partition coefficient (Wildman–Crippen LogP) is 1.07. The molecule has 3 aliphatic carbocycles. The van der Waals surface area contributed by atoms with Crippen molar-refractivity contribution in [2.45, 2.75) is 12.8 Å². The lowest BCUT2D eigenvalue weighted by Crippen LogP contribution is -2.45. The third kappa shape index (κ3) is 1.54. The summed E-state index contributed by atoms with van der Waals surface area (Å²) in [5, 5.41) is 9.13. The van der Waals surface area contributed by atoms with Crippen LogP contribution in [-0.4, -0.2) is 24.2 Å². The summed E-state index contributed by atoms with van der Waals surface area (Å²) in [4.78, 5) is 22.7. The van der Waals surface area contributed by atoms with E-state index >= 15 is 0 Å². The molecular weight excluding hydrogens is 196 g/mol. The second-order valence-electron chi connectivity index (χ2n) is 4.20. The fourth-order valence-electron chi connectivity index (χ4n) is 2.79. The van der Waals surface area contributed by atoms with E-state index in [0.29, 0.717) is 0 Å². The standard InChI is InChI=1S/C11H14O4/c1-15-11(14)9-7-4-2-6(3-5-7)8(9)10(12)13/h2,4,6-9H,3,5H2,1H3,(H,12,13)/t6-,7+,8-,9+/m0/s1. The third-order valence-corrected chi connectivity index (χ3v) is 3.51. The maximum Gasteiger partial charge on any atom is 0.310 e. The highest BCUT2D eigenvalue weighted by Crippen LogP contribution is 2.45. The normalized spacial score (nSPS) is 37.7. The van der Waals surface area contributed by atoms with E-state index in [1.165, 1.54) is 7.11 Å². The van der Waals surface area contributed by atoms with Gasteiger partial charge in [0.25, 0.3) is 0 Å². The molecule has 0 radical (unpaired) electrons. The zero-order valence-electron chi connectivity index (χ0n) is 8.55. The molecule has 82 valence electrons. The van der Waals surface area contributed by atoms with Gasteiger partial charge >= 0.3 is 11.9 Å². The average Bonchev–Trinajstić information content (AvgIpc) is 2.28. The van der Waals surface area contributed by atoms with Crippen molar-refractivity contribution >= 4 is 11.9 Å². The Labute approximate surface area is 87.9 Å². The van der Waals surface area contributed by atoms with Crippen molar-refractivity contribution in [3.05, 3.63) is 12.2 Å². The topological polar surface area (TPSA) is 63.6 Å². The second kappa shape index (κ2) is 3.68. The molecule has 0 aliphatic heterocycles. The first-order valence-electron chi connectivity index (χ1n) is 5.14. The molecule has 15 heavy (non-hydrogen) atoms.